The first-order valence-electron chi connectivity index (χ1n) is 28.3. The first-order chi connectivity index (χ1) is 38.8. The first-order valence-corrected chi connectivity index (χ1v) is 23.3. The van der Waals surface area contributed by atoms with E-state index in [1.165, 1.54) is 0 Å². The fraction of sp³-hybridized carbons (Fsp3) is 0.0769. The van der Waals surface area contributed by atoms with Gasteiger partial charge in [0.2, 0.25) is 0 Å². The van der Waals surface area contributed by atoms with Gasteiger partial charge in [-0.3, -0.25) is 0 Å². The molecule has 0 amide bonds. The van der Waals surface area contributed by atoms with Gasteiger partial charge in [0.15, 0.2) is 0 Å². The van der Waals surface area contributed by atoms with Gasteiger partial charge in [-0.25, -0.2) is 4.98 Å². The molecule has 6 nitrogen and oxygen atoms in total. The standard InChI is InChI=1S/C65H47N4O2.Pt/c1-42-36-63-66-40-57(42)46-28-31-49(32-29-46)71-62-23-11-8-18-54(62)55-20-13-19-52(45-26-24-44(25-27-45)43-14-6-5-7-15-43)64(55)68-41-67(59-21-9-10-22-60(59)68)48-16-12-17-50(38-48)70-51-33-34-53-56-37-47(65(2,3)4)30-35-58(56)69(63)61(53)39-51;/h5-37,40-41H,1-4H3;/q-3;/i1D3,13D,19D,20D,24D,25D,26D,27D;. The molecule has 0 saturated heterocycles. The van der Waals surface area contributed by atoms with E-state index in [2.05, 4.69) is 45.0 Å². The largest absolute Gasteiger partial charge is 0.510 e. The van der Waals surface area contributed by atoms with E-state index in [0.717, 1.165) is 21.9 Å². The fourth-order valence-electron chi connectivity index (χ4n) is 9.52. The smallest absolute Gasteiger partial charge is 0.135 e. The number of aryl methyl sites for hydroxylation is 1. The summed E-state index contributed by atoms with van der Waals surface area (Å²) in [4.78, 5) is 4.97. The molecule has 6 heterocycles. The number of aromatic nitrogens is 4. The van der Waals surface area contributed by atoms with E-state index in [9.17, 15) is 9.60 Å². The molecule has 10 bridgehead atoms. The molecule has 72 heavy (non-hydrogen) atoms. The third-order valence-corrected chi connectivity index (χ3v) is 13.1. The second-order valence-corrected chi connectivity index (χ2v) is 18.5. The van der Waals surface area contributed by atoms with E-state index in [4.69, 9.17) is 17.9 Å². The molecule has 0 unspecified atom stereocenters. The number of rotatable bonds is 2. The van der Waals surface area contributed by atoms with Crippen LogP contribution in [0.3, 0.4) is 0 Å². The van der Waals surface area contributed by atoms with E-state index in [1.54, 1.807) is 108 Å². The number of imidazole rings is 1. The van der Waals surface area contributed by atoms with Gasteiger partial charge in [-0.2, -0.15) is 24.3 Å². The van der Waals surface area contributed by atoms with Gasteiger partial charge in [0.25, 0.3) is 0 Å². The Balaban J connectivity index is 0.00000665. The minimum atomic E-state index is -2.57. The molecule has 0 spiro atoms. The van der Waals surface area contributed by atoms with Crippen molar-refractivity contribution in [2.24, 2.45) is 0 Å². The van der Waals surface area contributed by atoms with Crippen LogP contribution in [0, 0.1) is 19.0 Å². The summed E-state index contributed by atoms with van der Waals surface area (Å²) in [5, 5.41) is 3.15. The Kier molecular flexibility index (Phi) is 8.64. The van der Waals surface area contributed by atoms with Crippen LogP contribution in [0.5, 0.6) is 0 Å². The van der Waals surface area contributed by atoms with Crippen LogP contribution in [0.2, 0.25) is 0 Å². The SMILES string of the molecule is [2H]c1c([2H])c(-c2c([2H])c([2H])c([2H])c3c4ccccc4oc4ccc(cc4)c4cnc(cc4C([2H])([2H])[2H])n4c5[c-]c(ccc5c5cc(C(C)(C)C)ccc54)oc4[c-]c(ccc4)n4[cH-]n(c23)-c2ccccc2-4)c([2H])c([2H])c1-c1ccccc1.[Pt]. The zero-order valence-electron chi connectivity index (χ0n) is 49.1. The second kappa shape index (κ2) is 17.8. The van der Waals surface area contributed by atoms with Gasteiger partial charge < -0.3 is 22.4 Å². The van der Waals surface area contributed by atoms with E-state index in [1.807, 2.05) is 63.6 Å². The van der Waals surface area contributed by atoms with Crippen molar-refractivity contribution in [1.29, 1.82) is 0 Å². The Labute approximate surface area is 445 Å². The average Bonchev–Trinajstić information content (AvgIpc) is 3.67. The zero-order valence-corrected chi connectivity index (χ0v) is 41.4. The maximum atomic E-state index is 9.83. The van der Waals surface area contributed by atoms with Crippen LogP contribution in [0.25, 0.3) is 116 Å². The van der Waals surface area contributed by atoms with Crippen molar-refractivity contribution < 1.29 is 43.6 Å². The van der Waals surface area contributed by atoms with Gasteiger partial charge in [-0.15, -0.1) is 29.1 Å². The van der Waals surface area contributed by atoms with Crippen molar-refractivity contribution in [3.63, 3.8) is 0 Å². The van der Waals surface area contributed by atoms with E-state index in [0.29, 0.717) is 66.5 Å². The van der Waals surface area contributed by atoms with Crippen LogP contribution in [0.15, 0.2) is 221 Å². The summed E-state index contributed by atoms with van der Waals surface area (Å²) in [5.74, 6) is 0. The van der Waals surface area contributed by atoms with Gasteiger partial charge in [0.1, 0.15) is 16.8 Å². The van der Waals surface area contributed by atoms with Crippen molar-refractivity contribution >= 4 is 82.4 Å². The summed E-state index contributed by atoms with van der Waals surface area (Å²) in [6.07, 6.45) is 3.33. The first kappa shape index (κ1) is 34.9. The molecule has 14 aromatic rings. The molecular weight excluding hydrogens is 1060 g/mol. The van der Waals surface area contributed by atoms with E-state index in [-0.39, 0.29) is 83.3 Å². The predicted octanol–water partition coefficient (Wildman–Crippen LogP) is 17.2. The number of fused-ring (bicyclic) bond motifs is 5. The van der Waals surface area contributed by atoms with Gasteiger partial charge in [-0.1, -0.05) is 166 Å². The summed E-state index contributed by atoms with van der Waals surface area (Å²) in [5.41, 5.74) is 6.13. The maximum absolute atomic E-state index is 9.83. The Morgan fingerprint density at radius 3 is 2.15 bits per heavy atom. The molecule has 15 rings (SSSR count). The molecule has 0 radical (unpaired) electrons. The Morgan fingerprint density at radius 2 is 1.35 bits per heavy atom. The number of para-hydroxylation sites is 4. The summed E-state index contributed by atoms with van der Waals surface area (Å²) in [6, 6.07) is 51.3. The molecule has 0 atom stereocenters. The Morgan fingerprint density at radius 1 is 0.597 bits per heavy atom. The quantitative estimate of drug-likeness (QED) is 0.162. The zero-order chi connectivity index (χ0) is 56.4. The number of benzene rings is 9. The molecule has 1 aliphatic heterocycles. The fourth-order valence-corrected chi connectivity index (χ4v) is 9.52. The molecule has 7 heteroatoms. The van der Waals surface area contributed by atoms with Gasteiger partial charge in [0.05, 0.1) is 9.60 Å². The van der Waals surface area contributed by atoms with Crippen molar-refractivity contribution in [3.05, 3.63) is 236 Å². The summed E-state index contributed by atoms with van der Waals surface area (Å²) < 4.78 is 113. The molecule has 0 saturated carbocycles. The third-order valence-electron chi connectivity index (χ3n) is 13.1. The molecule has 352 valence electrons. The molecule has 1 aliphatic rings. The summed E-state index contributed by atoms with van der Waals surface area (Å²) in [6.45, 7) is 3.89. The topological polar surface area (TPSA) is 53.4 Å². The maximum Gasteiger partial charge on any atom is 0.135 e. The minimum absolute atomic E-state index is 0. The average molecular weight is 1120 g/mol. The van der Waals surface area contributed by atoms with Crippen LogP contribution in [-0.2, 0) is 26.5 Å². The van der Waals surface area contributed by atoms with Crippen molar-refractivity contribution in [3.8, 4) is 33.6 Å². The van der Waals surface area contributed by atoms with Crippen molar-refractivity contribution in [1.82, 2.24) is 18.5 Å². The molecular formula is C65H47N4O2Pt-3. The van der Waals surface area contributed by atoms with Crippen molar-refractivity contribution in [2.45, 2.75) is 33.0 Å². The van der Waals surface area contributed by atoms with Crippen LogP contribution in [0.4, 0.5) is 0 Å². The monoisotopic (exact) mass is 1120 g/mol. The van der Waals surface area contributed by atoms with Crippen molar-refractivity contribution in [2.75, 3.05) is 0 Å². The summed E-state index contributed by atoms with van der Waals surface area (Å²) >= 11 is 0. The van der Waals surface area contributed by atoms with Gasteiger partial charge >= 0.3 is 0 Å². The van der Waals surface area contributed by atoms with E-state index >= 15 is 0 Å². The number of hydrogen-bond acceptors (Lipinski definition) is 3. The van der Waals surface area contributed by atoms with Crippen LogP contribution in [0.1, 0.15) is 45.6 Å². The number of hydrogen-bond donors (Lipinski definition) is 0. The number of nitrogens with zero attached hydrogens (tertiary/aromatic N) is 4. The number of pyridine rings is 1. The van der Waals surface area contributed by atoms with Gasteiger partial charge in [-0.05, 0) is 109 Å². The van der Waals surface area contributed by atoms with Crippen LogP contribution < -0.4 is 0 Å². The molecule has 9 aromatic carbocycles. The molecule has 0 N–H and O–H groups in total. The molecule has 0 aliphatic carbocycles. The normalized spacial score (nSPS) is 13.9. The summed E-state index contributed by atoms with van der Waals surface area (Å²) in [7, 11) is 0. The Bertz CT molecular complexity index is 4910. The second-order valence-electron chi connectivity index (χ2n) is 18.5. The van der Waals surface area contributed by atoms with Crippen LogP contribution >= 0.6 is 0 Å². The van der Waals surface area contributed by atoms with E-state index < -0.39 is 31.0 Å². The Hall–Kier alpha value is -8.31. The third kappa shape index (κ3) is 7.80. The predicted molar refractivity (Wildman–Crippen MR) is 293 cm³/mol. The van der Waals surface area contributed by atoms with Crippen LogP contribution in [-0.4, -0.2) is 18.5 Å². The van der Waals surface area contributed by atoms with Gasteiger partial charge in [0, 0.05) is 65.2 Å². The molecule has 5 aromatic heterocycles. The minimum Gasteiger partial charge on any atom is -0.510 e. The molecule has 0 fully saturated rings.